The SMILES string of the molecule is CCCOc1c(Cl)cc(-n2ccc3cc(OC4CCC45CCN(S(C)(=O)=O)CC5)ccc32)cc1C#N. The van der Waals surface area contributed by atoms with E-state index >= 15 is 0 Å². The monoisotopic (exact) mass is 527 g/mol. The van der Waals surface area contributed by atoms with Crippen LogP contribution in [-0.4, -0.2) is 49.3 Å². The molecule has 2 aliphatic rings. The number of aromatic nitrogens is 1. The molecule has 1 spiro atoms. The van der Waals surface area contributed by atoms with Gasteiger partial charge in [0.15, 0.2) is 5.75 Å². The van der Waals surface area contributed by atoms with Crippen LogP contribution in [0, 0.1) is 16.7 Å². The summed E-state index contributed by atoms with van der Waals surface area (Å²) in [6, 6.07) is 13.9. The highest BCUT2D eigenvalue weighted by atomic mass is 35.5. The van der Waals surface area contributed by atoms with Crippen molar-refractivity contribution in [1.29, 1.82) is 5.26 Å². The van der Waals surface area contributed by atoms with Crippen LogP contribution in [0.25, 0.3) is 16.6 Å². The molecule has 1 aromatic heterocycles. The Morgan fingerprint density at radius 1 is 1.17 bits per heavy atom. The fourth-order valence-corrected chi connectivity index (χ4v) is 6.54. The van der Waals surface area contributed by atoms with Crippen molar-refractivity contribution in [2.75, 3.05) is 26.0 Å². The third-order valence-electron chi connectivity index (χ3n) is 7.59. The van der Waals surface area contributed by atoms with Gasteiger partial charge in [0.2, 0.25) is 10.0 Å². The first kappa shape index (κ1) is 24.9. The van der Waals surface area contributed by atoms with Crippen LogP contribution < -0.4 is 9.47 Å². The zero-order valence-corrected chi connectivity index (χ0v) is 22.1. The second-order valence-corrected chi connectivity index (χ2v) is 12.2. The Morgan fingerprint density at radius 2 is 1.94 bits per heavy atom. The molecule has 9 heteroatoms. The van der Waals surface area contributed by atoms with Crippen LogP contribution >= 0.6 is 11.6 Å². The molecule has 5 rings (SSSR count). The molecule has 7 nitrogen and oxygen atoms in total. The Labute approximate surface area is 217 Å². The summed E-state index contributed by atoms with van der Waals surface area (Å²) in [5.74, 6) is 1.24. The Bertz CT molecular complexity index is 1440. The van der Waals surface area contributed by atoms with Crippen LogP contribution in [0.3, 0.4) is 0 Å². The molecule has 190 valence electrons. The topological polar surface area (TPSA) is 84.6 Å². The molecule has 2 aromatic carbocycles. The molecule has 1 atom stereocenters. The summed E-state index contributed by atoms with van der Waals surface area (Å²) in [5.41, 5.74) is 2.24. The van der Waals surface area contributed by atoms with E-state index in [0.29, 0.717) is 36.0 Å². The van der Waals surface area contributed by atoms with E-state index in [4.69, 9.17) is 21.1 Å². The average Bonchev–Trinajstić information content (AvgIpc) is 3.28. The number of sulfonamides is 1. The quantitative estimate of drug-likeness (QED) is 0.403. The van der Waals surface area contributed by atoms with E-state index in [2.05, 4.69) is 6.07 Å². The Kier molecular flexibility index (Phi) is 6.67. The molecule has 2 fully saturated rings. The fraction of sp³-hybridized carbons (Fsp3) is 0.444. The highest BCUT2D eigenvalue weighted by Crippen LogP contribution is 2.51. The van der Waals surface area contributed by atoms with Gasteiger partial charge in [0.25, 0.3) is 0 Å². The lowest BCUT2D eigenvalue weighted by molar-refractivity contribution is -0.0750. The second-order valence-electron chi connectivity index (χ2n) is 9.84. The molecule has 0 amide bonds. The maximum Gasteiger partial charge on any atom is 0.211 e. The van der Waals surface area contributed by atoms with Crippen LogP contribution in [0.5, 0.6) is 11.5 Å². The number of rotatable bonds is 7. The van der Waals surface area contributed by atoms with E-state index in [9.17, 15) is 13.7 Å². The molecular weight excluding hydrogens is 498 g/mol. The maximum atomic E-state index is 11.9. The smallest absolute Gasteiger partial charge is 0.211 e. The largest absolute Gasteiger partial charge is 0.491 e. The number of hydrogen-bond donors (Lipinski definition) is 0. The zero-order valence-electron chi connectivity index (χ0n) is 20.5. The van der Waals surface area contributed by atoms with Gasteiger partial charge in [0.1, 0.15) is 17.9 Å². The minimum Gasteiger partial charge on any atom is -0.491 e. The number of ether oxygens (including phenoxy) is 2. The van der Waals surface area contributed by atoms with Crippen molar-refractivity contribution in [2.24, 2.45) is 5.41 Å². The van der Waals surface area contributed by atoms with Crippen molar-refractivity contribution in [1.82, 2.24) is 8.87 Å². The summed E-state index contributed by atoms with van der Waals surface area (Å²) < 4.78 is 39.5. The van der Waals surface area contributed by atoms with Crippen LogP contribution in [0.15, 0.2) is 42.6 Å². The van der Waals surface area contributed by atoms with Crippen molar-refractivity contribution in [3.05, 3.63) is 53.2 Å². The third kappa shape index (κ3) is 4.56. The van der Waals surface area contributed by atoms with Gasteiger partial charge in [-0.2, -0.15) is 5.26 Å². The molecule has 2 heterocycles. The van der Waals surface area contributed by atoms with Crippen molar-refractivity contribution in [2.45, 2.75) is 45.1 Å². The lowest BCUT2D eigenvalue weighted by Gasteiger charge is -2.52. The number of benzene rings is 2. The summed E-state index contributed by atoms with van der Waals surface area (Å²) in [5, 5.41) is 11.1. The van der Waals surface area contributed by atoms with Gasteiger partial charge in [0, 0.05) is 35.8 Å². The van der Waals surface area contributed by atoms with Crippen LogP contribution in [0.1, 0.15) is 44.6 Å². The number of nitrogens with zero attached hydrogens (tertiary/aromatic N) is 3. The van der Waals surface area contributed by atoms with Gasteiger partial charge in [-0.25, -0.2) is 12.7 Å². The van der Waals surface area contributed by atoms with Crippen molar-refractivity contribution in [3.63, 3.8) is 0 Å². The molecule has 0 N–H and O–H groups in total. The van der Waals surface area contributed by atoms with Gasteiger partial charge in [-0.05, 0) is 68.5 Å². The molecule has 36 heavy (non-hydrogen) atoms. The highest BCUT2D eigenvalue weighted by Gasteiger charge is 2.50. The summed E-state index contributed by atoms with van der Waals surface area (Å²) in [6.45, 7) is 3.64. The standard InChI is InChI=1S/C27H30ClN3O4S/c1-3-14-34-26-20(18-29)15-21(17-23(26)28)31-11-7-19-16-22(4-5-24(19)31)35-25-6-8-27(25)9-12-30(13-10-27)36(2,32)33/h4-5,7,11,15-17,25H,3,6,8-10,12-14H2,1-2H3. The van der Waals surface area contributed by atoms with E-state index in [1.54, 1.807) is 10.4 Å². The lowest BCUT2D eigenvalue weighted by Crippen LogP contribution is -2.55. The summed E-state index contributed by atoms with van der Waals surface area (Å²) in [4.78, 5) is 0. The van der Waals surface area contributed by atoms with Gasteiger partial charge < -0.3 is 14.0 Å². The maximum absolute atomic E-state index is 11.9. The zero-order chi connectivity index (χ0) is 25.5. The molecule has 1 saturated carbocycles. The molecular formula is C27H30ClN3O4S. The summed E-state index contributed by atoms with van der Waals surface area (Å²) in [6.07, 6.45) is 7.91. The molecule has 0 radical (unpaired) electrons. The van der Waals surface area contributed by atoms with Gasteiger partial charge in [-0.3, -0.25) is 0 Å². The van der Waals surface area contributed by atoms with Crippen LogP contribution in [0.4, 0.5) is 0 Å². The molecule has 0 bridgehead atoms. The van der Waals surface area contributed by atoms with Gasteiger partial charge >= 0.3 is 0 Å². The first-order valence-corrected chi connectivity index (χ1v) is 14.6. The number of piperidine rings is 1. The molecule has 1 saturated heterocycles. The van der Waals surface area contributed by atoms with E-state index in [1.807, 2.05) is 48.0 Å². The van der Waals surface area contributed by atoms with Crippen LogP contribution in [-0.2, 0) is 10.0 Å². The molecule has 1 unspecified atom stereocenters. The average molecular weight is 528 g/mol. The highest BCUT2D eigenvalue weighted by molar-refractivity contribution is 7.88. The predicted molar refractivity (Wildman–Crippen MR) is 141 cm³/mol. The second kappa shape index (κ2) is 9.62. The normalized spacial score (nSPS) is 19.7. The van der Waals surface area contributed by atoms with Gasteiger partial charge in [-0.1, -0.05) is 18.5 Å². The van der Waals surface area contributed by atoms with E-state index in [1.165, 1.54) is 6.26 Å². The lowest BCUT2D eigenvalue weighted by atomic mass is 9.61. The number of hydrogen-bond acceptors (Lipinski definition) is 5. The minimum atomic E-state index is -3.14. The van der Waals surface area contributed by atoms with Gasteiger partial charge in [-0.15, -0.1) is 0 Å². The Balaban J connectivity index is 1.35. The van der Waals surface area contributed by atoms with E-state index < -0.39 is 10.0 Å². The fourth-order valence-electron chi connectivity index (χ4n) is 5.42. The molecule has 1 aliphatic heterocycles. The molecule has 3 aromatic rings. The third-order valence-corrected chi connectivity index (χ3v) is 9.18. The number of fused-ring (bicyclic) bond motifs is 1. The summed E-state index contributed by atoms with van der Waals surface area (Å²) in [7, 11) is -3.14. The predicted octanol–water partition coefficient (Wildman–Crippen LogP) is 5.53. The first-order chi connectivity index (χ1) is 17.2. The van der Waals surface area contributed by atoms with E-state index in [-0.39, 0.29) is 11.5 Å². The first-order valence-electron chi connectivity index (χ1n) is 12.3. The minimum absolute atomic E-state index is 0.0636. The summed E-state index contributed by atoms with van der Waals surface area (Å²) >= 11 is 6.48. The van der Waals surface area contributed by atoms with Gasteiger partial charge in [0.05, 0.1) is 29.0 Å². The van der Waals surface area contributed by atoms with Crippen molar-refractivity contribution >= 4 is 32.5 Å². The van der Waals surface area contributed by atoms with Crippen molar-refractivity contribution < 1.29 is 17.9 Å². The van der Waals surface area contributed by atoms with E-state index in [0.717, 1.165) is 54.4 Å². The van der Waals surface area contributed by atoms with Crippen LogP contribution in [0.2, 0.25) is 5.02 Å². The van der Waals surface area contributed by atoms with Crippen molar-refractivity contribution in [3.8, 4) is 23.3 Å². The number of nitriles is 1. The Hall–Kier alpha value is -2.73. The Morgan fingerprint density at radius 3 is 2.58 bits per heavy atom. The molecule has 1 aliphatic carbocycles. The number of halogens is 1.